The van der Waals surface area contributed by atoms with Crippen LogP contribution in [-0.2, 0) is 20.7 Å². The third-order valence-corrected chi connectivity index (χ3v) is 6.14. The molecule has 2 aromatic rings. The summed E-state index contributed by atoms with van der Waals surface area (Å²) >= 11 is 0.847. The highest BCUT2D eigenvalue weighted by atomic mass is 32.2. The Kier molecular flexibility index (Phi) is 7.38. The maximum atomic E-state index is 12.7. The van der Waals surface area contributed by atoms with Crippen molar-refractivity contribution in [3.8, 4) is 5.69 Å². The molecule has 1 aromatic carbocycles. The van der Waals surface area contributed by atoms with Gasteiger partial charge in [-0.25, -0.2) is 0 Å². The number of thioether (sulfide) groups is 1. The van der Waals surface area contributed by atoms with Gasteiger partial charge in [-0.3, -0.25) is 19.3 Å². The van der Waals surface area contributed by atoms with Crippen LogP contribution >= 0.6 is 11.8 Å². The summed E-state index contributed by atoms with van der Waals surface area (Å²) in [6, 6.07) is 10.5. The molecule has 3 rings (SSSR count). The Hall–Kier alpha value is -2.80. The van der Waals surface area contributed by atoms with Crippen molar-refractivity contribution in [2.45, 2.75) is 47.0 Å². The molecule has 0 spiro atoms. The number of ether oxygens (including phenoxy) is 1. The second-order valence-electron chi connectivity index (χ2n) is 7.50. The van der Waals surface area contributed by atoms with E-state index in [-0.39, 0.29) is 13.2 Å². The van der Waals surface area contributed by atoms with Crippen molar-refractivity contribution in [2.24, 2.45) is 0 Å². The van der Waals surface area contributed by atoms with E-state index in [0.717, 1.165) is 45.7 Å². The molecular weight excluding hydrogens is 412 g/mol. The highest BCUT2D eigenvalue weighted by molar-refractivity contribution is 8.18. The number of imide groups is 1. The average molecular weight is 441 g/mol. The van der Waals surface area contributed by atoms with Crippen molar-refractivity contribution < 1.29 is 19.1 Å². The van der Waals surface area contributed by atoms with E-state index in [4.69, 9.17) is 4.74 Å². The maximum Gasteiger partial charge on any atom is 0.326 e. The summed E-state index contributed by atoms with van der Waals surface area (Å²) in [4.78, 5) is 37.8. The van der Waals surface area contributed by atoms with E-state index >= 15 is 0 Å². The number of carbonyl (C=O) groups is 3. The number of aromatic nitrogens is 1. The molecule has 1 fully saturated rings. The van der Waals surface area contributed by atoms with Crippen molar-refractivity contribution in [1.82, 2.24) is 9.47 Å². The minimum absolute atomic E-state index is 0.205. The second-order valence-corrected chi connectivity index (χ2v) is 8.50. The standard InChI is InChI=1S/C24H28N2O4S/c1-5-7-8-18-9-11-20(12-10-18)26-16(3)13-19(17(26)4)14-21-23(28)25(24(29)31-21)15-22(27)30-6-2/h9-14H,5-8,15H2,1-4H3/b21-14+. The van der Waals surface area contributed by atoms with Gasteiger partial charge in [0.2, 0.25) is 0 Å². The Bertz CT molecular complexity index is 1020. The van der Waals surface area contributed by atoms with E-state index < -0.39 is 17.1 Å². The molecule has 1 aliphatic heterocycles. The number of hydrogen-bond acceptors (Lipinski definition) is 5. The zero-order valence-corrected chi connectivity index (χ0v) is 19.3. The highest BCUT2D eigenvalue weighted by Crippen LogP contribution is 2.33. The molecule has 0 aliphatic carbocycles. The summed E-state index contributed by atoms with van der Waals surface area (Å²) in [5, 5.41) is -0.458. The Morgan fingerprint density at radius 2 is 1.84 bits per heavy atom. The fourth-order valence-corrected chi connectivity index (χ4v) is 4.47. The van der Waals surface area contributed by atoms with Crippen molar-refractivity contribution in [3.05, 3.63) is 57.8 Å². The van der Waals surface area contributed by atoms with Gasteiger partial charge in [-0.2, -0.15) is 0 Å². The quantitative estimate of drug-likeness (QED) is 0.425. The van der Waals surface area contributed by atoms with Crippen LogP contribution in [0.3, 0.4) is 0 Å². The minimum atomic E-state index is -0.591. The summed E-state index contributed by atoms with van der Waals surface area (Å²) in [7, 11) is 0. The molecule has 31 heavy (non-hydrogen) atoms. The van der Waals surface area contributed by atoms with Gasteiger partial charge >= 0.3 is 5.97 Å². The Morgan fingerprint density at radius 3 is 2.48 bits per heavy atom. The molecule has 6 nitrogen and oxygen atoms in total. The fourth-order valence-electron chi connectivity index (χ4n) is 3.64. The van der Waals surface area contributed by atoms with Gasteiger partial charge in [-0.15, -0.1) is 0 Å². The van der Waals surface area contributed by atoms with Gasteiger partial charge in [0.25, 0.3) is 11.1 Å². The predicted octanol–water partition coefficient (Wildman–Crippen LogP) is 5.04. The molecule has 0 N–H and O–H groups in total. The Labute approximate surface area is 187 Å². The zero-order chi connectivity index (χ0) is 22.5. The van der Waals surface area contributed by atoms with E-state index in [2.05, 4.69) is 35.8 Å². The topological polar surface area (TPSA) is 68.6 Å². The van der Waals surface area contributed by atoms with Crippen LogP contribution in [0.15, 0.2) is 35.2 Å². The normalized spacial score (nSPS) is 15.2. The number of amides is 2. The lowest BCUT2D eigenvalue weighted by atomic mass is 10.1. The summed E-state index contributed by atoms with van der Waals surface area (Å²) in [6.07, 6.45) is 5.15. The molecule has 0 atom stereocenters. The summed E-state index contributed by atoms with van der Waals surface area (Å²) in [6.45, 7) is 7.72. The number of aryl methyl sites for hydroxylation is 2. The van der Waals surface area contributed by atoms with Crippen molar-refractivity contribution in [2.75, 3.05) is 13.2 Å². The lowest BCUT2D eigenvalue weighted by Crippen LogP contribution is -2.34. The summed E-state index contributed by atoms with van der Waals surface area (Å²) in [5.74, 6) is -1.06. The van der Waals surface area contributed by atoms with Gasteiger partial charge in [0.15, 0.2) is 0 Å². The Balaban J connectivity index is 1.83. The van der Waals surface area contributed by atoms with Crippen molar-refractivity contribution in [3.63, 3.8) is 0 Å². The predicted molar refractivity (Wildman–Crippen MR) is 123 cm³/mol. The molecule has 0 radical (unpaired) electrons. The van der Waals surface area contributed by atoms with E-state index in [1.807, 2.05) is 19.9 Å². The third-order valence-electron chi connectivity index (χ3n) is 5.24. The Morgan fingerprint density at radius 1 is 1.13 bits per heavy atom. The molecule has 1 aromatic heterocycles. The molecule has 0 saturated carbocycles. The number of nitrogens with zero attached hydrogens (tertiary/aromatic N) is 2. The smallest absolute Gasteiger partial charge is 0.326 e. The average Bonchev–Trinajstić information content (AvgIpc) is 3.16. The lowest BCUT2D eigenvalue weighted by molar-refractivity contribution is -0.145. The van der Waals surface area contributed by atoms with Gasteiger partial charge in [-0.05, 0) is 80.8 Å². The first kappa shape index (κ1) is 22.9. The van der Waals surface area contributed by atoms with Crippen LogP contribution < -0.4 is 0 Å². The van der Waals surface area contributed by atoms with Crippen molar-refractivity contribution in [1.29, 1.82) is 0 Å². The van der Waals surface area contributed by atoms with E-state index in [0.29, 0.717) is 4.91 Å². The summed E-state index contributed by atoms with van der Waals surface area (Å²) in [5.41, 5.74) is 5.27. The maximum absolute atomic E-state index is 12.7. The first-order chi connectivity index (χ1) is 14.8. The highest BCUT2D eigenvalue weighted by Gasteiger charge is 2.36. The molecule has 7 heteroatoms. The van der Waals surface area contributed by atoms with Crippen LogP contribution in [0.4, 0.5) is 4.79 Å². The fraction of sp³-hybridized carbons (Fsp3) is 0.375. The van der Waals surface area contributed by atoms with E-state index in [1.165, 1.54) is 18.4 Å². The van der Waals surface area contributed by atoms with Crippen LogP contribution in [0.2, 0.25) is 0 Å². The van der Waals surface area contributed by atoms with Crippen LogP contribution in [-0.4, -0.2) is 39.7 Å². The van der Waals surface area contributed by atoms with Gasteiger partial charge in [0.1, 0.15) is 6.54 Å². The minimum Gasteiger partial charge on any atom is -0.465 e. The molecule has 0 unspecified atom stereocenters. The number of rotatable bonds is 8. The molecule has 2 amide bonds. The zero-order valence-electron chi connectivity index (χ0n) is 18.4. The van der Waals surface area contributed by atoms with Crippen LogP contribution in [0.1, 0.15) is 49.2 Å². The molecular formula is C24H28N2O4S. The first-order valence-electron chi connectivity index (χ1n) is 10.5. The number of benzene rings is 1. The number of esters is 1. The molecule has 1 saturated heterocycles. The van der Waals surface area contributed by atoms with Crippen LogP contribution in [0.5, 0.6) is 0 Å². The van der Waals surface area contributed by atoms with E-state index in [9.17, 15) is 14.4 Å². The molecule has 0 bridgehead atoms. The van der Waals surface area contributed by atoms with Gasteiger partial charge in [-0.1, -0.05) is 25.5 Å². The molecule has 1 aliphatic rings. The van der Waals surface area contributed by atoms with Gasteiger partial charge in [0, 0.05) is 17.1 Å². The number of carbonyl (C=O) groups excluding carboxylic acids is 3. The molecule has 164 valence electrons. The number of unbranched alkanes of at least 4 members (excludes halogenated alkanes) is 1. The largest absolute Gasteiger partial charge is 0.465 e. The number of hydrogen-bond donors (Lipinski definition) is 0. The van der Waals surface area contributed by atoms with Gasteiger partial charge < -0.3 is 9.30 Å². The van der Waals surface area contributed by atoms with Crippen LogP contribution in [0.25, 0.3) is 11.8 Å². The second kappa shape index (κ2) is 10.0. The monoisotopic (exact) mass is 440 g/mol. The summed E-state index contributed by atoms with van der Waals surface area (Å²) < 4.78 is 6.99. The van der Waals surface area contributed by atoms with Crippen LogP contribution in [0, 0.1) is 13.8 Å². The lowest BCUT2D eigenvalue weighted by Gasteiger charge is -2.11. The SMILES string of the molecule is CCCCc1ccc(-n2c(C)cc(/C=C3/SC(=O)N(CC(=O)OCC)C3=O)c2C)cc1. The van der Waals surface area contributed by atoms with E-state index in [1.54, 1.807) is 13.0 Å². The van der Waals surface area contributed by atoms with Gasteiger partial charge in [0.05, 0.1) is 11.5 Å². The first-order valence-corrected chi connectivity index (χ1v) is 11.4. The third kappa shape index (κ3) is 5.10. The van der Waals surface area contributed by atoms with Crippen molar-refractivity contribution >= 4 is 35.0 Å². The molecule has 2 heterocycles.